The molecule has 0 aromatic heterocycles. The van der Waals surface area contributed by atoms with Crippen molar-refractivity contribution in [2.45, 2.75) is 6.35 Å². The number of nitrogens with two attached hydrogens (primary N) is 1. The van der Waals surface area contributed by atoms with Crippen LogP contribution in [0.5, 0.6) is 0 Å². The predicted molar refractivity (Wildman–Crippen MR) is 34.5 cm³/mol. The highest BCUT2D eigenvalue weighted by Gasteiger charge is 2.08. The lowest BCUT2D eigenvalue weighted by Crippen LogP contribution is -2.37. The fourth-order valence-corrected chi connectivity index (χ4v) is 0.594. The van der Waals surface area contributed by atoms with Crippen molar-refractivity contribution in [1.29, 1.82) is 0 Å². The maximum atomic E-state index is 5.40. The fraction of sp³-hybridized carbons (Fsp3) is 0.400. The Kier molecular flexibility index (Phi) is 1.81. The molecule has 0 aromatic carbocycles. The van der Waals surface area contributed by atoms with Crippen molar-refractivity contribution in [3.8, 4) is 0 Å². The highest BCUT2D eigenvalue weighted by atomic mass is 16.5. The van der Waals surface area contributed by atoms with E-state index in [0.717, 1.165) is 0 Å². The Morgan fingerprint density at radius 2 is 2.56 bits per heavy atom. The molecular weight excluding hydrogens is 118 g/mol. The van der Waals surface area contributed by atoms with E-state index in [-0.39, 0.29) is 6.35 Å². The second-order valence-corrected chi connectivity index (χ2v) is 1.65. The molecule has 4 nitrogen and oxygen atoms in total. The summed E-state index contributed by atoms with van der Waals surface area (Å²) in [6, 6.07) is 0. The quantitative estimate of drug-likeness (QED) is 0.491. The summed E-state index contributed by atoms with van der Waals surface area (Å²) >= 11 is 0. The number of methoxy groups -OCH3 is 1. The molecule has 0 spiro atoms. The number of hydrazine groups is 1. The van der Waals surface area contributed by atoms with Gasteiger partial charge < -0.3 is 4.74 Å². The van der Waals surface area contributed by atoms with E-state index in [1.54, 1.807) is 25.6 Å². The van der Waals surface area contributed by atoms with Crippen LogP contribution in [0.25, 0.3) is 0 Å². The number of hydrogen-bond donors (Lipinski definition) is 1. The Morgan fingerprint density at radius 3 is 3.00 bits per heavy atom. The minimum Gasteiger partial charge on any atom is -0.341 e. The van der Waals surface area contributed by atoms with Gasteiger partial charge in [-0.25, -0.2) is 10.8 Å². The Labute approximate surface area is 53.6 Å². The highest BCUT2D eigenvalue weighted by molar-refractivity contribution is 5.71. The summed E-state index contributed by atoms with van der Waals surface area (Å²) in [5, 5.41) is 1.39. The van der Waals surface area contributed by atoms with Crippen molar-refractivity contribution in [3.63, 3.8) is 0 Å². The van der Waals surface area contributed by atoms with Gasteiger partial charge >= 0.3 is 0 Å². The predicted octanol–water partition coefficient (Wildman–Crippen LogP) is -0.310. The summed E-state index contributed by atoms with van der Waals surface area (Å²) in [7, 11) is 1.56. The van der Waals surface area contributed by atoms with Crippen LogP contribution in [-0.2, 0) is 4.74 Å². The largest absolute Gasteiger partial charge is 0.341 e. The number of aliphatic imine (C=N–C) groups is 1. The molecule has 1 rings (SSSR count). The van der Waals surface area contributed by atoms with E-state index in [9.17, 15) is 0 Å². The topological polar surface area (TPSA) is 50.8 Å². The number of rotatable bonds is 1. The van der Waals surface area contributed by atoms with Gasteiger partial charge in [-0.05, 0) is 6.08 Å². The maximum absolute atomic E-state index is 5.40. The number of ether oxygens (including phenoxy) is 1. The van der Waals surface area contributed by atoms with Crippen LogP contribution < -0.4 is 5.84 Å². The van der Waals surface area contributed by atoms with E-state index in [1.165, 1.54) is 5.01 Å². The zero-order chi connectivity index (χ0) is 6.69. The van der Waals surface area contributed by atoms with Crippen LogP contribution in [0, 0.1) is 0 Å². The Morgan fingerprint density at radius 1 is 1.78 bits per heavy atom. The third-order valence-corrected chi connectivity index (χ3v) is 1.02. The second-order valence-electron chi connectivity index (χ2n) is 1.65. The van der Waals surface area contributed by atoms with Crippen molar-refractivity contribution in [2.75, 3.05) is 7.11 Å². The monoisotopic (exact) mass is 127 g/mol. The third-order valence-electron chi connectivity index (χ3n) is 1.02. The average molecular weight is 127 g/mol. The Balaban J connectivity index is 2.55. The standard InChI is InChI=1S/C5H9N3O/c1-9-5-7-3-2-4-8(5)6/h2-5H,6H2,1H3. The van der Waals surface area contributed by atoms with Gasteiger partial charge in [-0.1, -0.05) is 0 Å². The van der Waals surface area contributed by atoms with Gasteiger partial charge in [-0.15, -0.1) is 0 Å². The minimum atomic E-state index is -0.352. The van der Waals surface area contributed by atoms with E-state index in [0.29, 0.717) is 0 Å². The first kappa shape index (κ1) is 6.25. The zero-order valence-corrected chi connectivity index (χ0v) is 5.19. The molecule has 0 saturated heterocycles. The summed E-state index contributed by atoms with van der Waals surface area (Å²) in [5.41, 5.74) is 0. The lowest BCUT2D eigenvalue weighted by molar-refractivity contribution is 0.000517. The molecule has 0 saturated carbocycles. The maximum Gasteiger partial charge on any atom is 0.240 e. The van der Waals surface area contributed by atoms with Gasteiger partial charge in [0.15, 0.2) is 0 Å². The van der Waals surface area contributed by atoms with E-state index in [2.05, 4.69) is 4.99 Å². The van der Waals surface area contributed by atoms with E-state index in [1.807, 2.05) is 0 Å². The Hall–Kier alpha value is -0.870. The van der Waals surface area contributed by atoms with Crippen molar-refractivity contribution in [2.24, 2.45) is 10.8 Å². The molecule has 1 heterocycles. The summed E-state index contributed by atoms with van der Waals surface area (Å²) in [5.74, 6) is 5.40. The molecule has 1 aliphatic heterocycles. The first-order valence-corrected chi connectivity index (χ1v) is 2.60. The third kappa shape index (κ3) is 1.28. The molecule has 0 aliphatic carbocycles. The molecule has 1 aliphatic rings. The van der Waals surface area contributed by atoms with Crippen molar-refractivity contribution in [1.82, 2.24) is 5.01 Å². The van der Waals surface area contributed by atoms with Gasteiger partial charge in [0.2, 0.25) is 6.35 Å². The lowest BCUT2D eigenvalue weighted by Gasteiger charge is -2.22. The average Bonchev–Trinajstić information content (AvgIpc) is 1.89. The van der Waals surface area contributed by atoms with Gasteiger partial charge in [0.25, 0.3) is 0 Å². The molecule has 50 valence electrons. The van der Waals surface area contributed by atoms with Crippen LogP contribution in [0.1, 0.15) is 0 Å². The fourth-order valence-electron chi connectivity index (χ4n) is 0.594. The second kappa shape index (κ2) is 2.61. The summed E-state index contributed by atoms with van der Waals surface area (Å²) in [4.78, 5) is 3.90. The molecule has 0 bridgehead atoms. The molecule has 1 atom stereocenters. The van der Waals surface area contributed by atoms with Gasteiger partial charge in [0, 0.05) is 19.5 Å². The van der Waals surface area contributed by atoms with Crippen LogP contribution in [0.4, 0.5) is 0 Å². The van der Waals surface area contributed by atoms with Crippen LogP contribution in [0.15, 0.2) is 17.3 Å². The Bertz CT molecular complexity index is 143. The number of allylic oxidation sites excluding steroid dienone is 1. The molecule has 4 heteroatoms. The SMILES string of the molecule is COC1N=CC=CN1N. The van der Waals surface area contributed by atoms with Gasteiger partial charge in [0.05, 0.1) is 0 Å². The van der Waals surface area contributed by atoms with E-state index >= 15 is 0 Å². The van der Waals surface area contributed by atoms with Gasteiger partial charge in [-0.3, -0.25) is 5.01 Å². The van der Waals surface area contributed by atoms with E-state index in [4.69, 9.17) is 10.6 Å². The molecular formula is C5H9N3O. The lowest BCUT2D eigenvalue weighted by atomic mass is 10.6. The number of hydrogen-bond acceptors (Lipinski definition) is 4. The minimum absolute atomic E-state index is 0.352. The molecule has 0 fully saturated rings. The normalized spacial score (nSPS) is 25.1. The highest BCUT2D eigenvalue weighted by Crippen LogP contribution is 1.99. The smallest absolute Gasteiger partial charge is 0.240 e. The van der Waals surface area contributed by atoms with Gasteiger partial charge in [0.1, 0.15) is 0 Å². The number of nitrogens with zero attached hydrogens (tertiary/aromatic N) is 2. The molecule has 9 heavy (non-hydrogen) atoms. The molecule has 1 unspecified atom stereocenters. The molecule has 0 radical (unpaired) electrons. The zero-order valence-electron chi connectivity index (χ0n) is 5.19. The first-order chi connectivity index (χ1) is 4.34. The van der Waals surface area contributed by atoms with Crippen LogP contribution in [0.3, 0.4) is 0 Å². The summed E-state index contributed by atoms with van der Waals surface area (Å²) in [6.07, 6.45) is 4.74. The summed E-state index contributed by atoms with van der Waals surface area (Å²) in [6.45, 7) is 0. The molecule has 0 aromatic rings. The van der Waals surface area contributed by atoms with Crippen LogP contribution in [0.2, 0.25) is 0 Å². The van der Waals surface area contributed by atoms with Crippen LogP contribution in [-0.4, -0.2) is 24.7 Å². The van der Waals surface area contributed by atoms with Gasteiger partial charge in [-0.2, -0.15) is 0 Å². The summed E-state index contributed by atoms with van der Waals surface area (Å²) < 4.78 is 4.86. The van der Waals surface area contributed by atoms with Crippen LogP contribution >= 0.6 is 0 Å². The van der Waals surface area contributed by atoms with Crippen molar-refractivity contribution in [3.05, 3.63) is 12.3 Å². The molecule has 0 amide bonds. The van der Waals surface area contributed by atoms with Crippen molar-refractivity contribution < 1.29 is 4.74 Å². The van der Waals surface area contributed by atoms with E-state index < -0.39 is 0 Å². The van der Waals surface area contributed by atoms with Crippen molar-refractivity contribution >= 4 is 6.21 Å². The molecule has 2 N–H and O–H groups in total. The first-order valence-electron chi connectivity index (χ1n) is 2.60.